The lowest BCUT2D eigenvalue weighted by atomic mass is 9.96. The Balaban J connectivity index is 2.15. The van der Waals surface area contributed by atoms with Crippen LogP contribution in [0.4, 0.5) is 0 Å². The van der Waals surface area contributed by atoms with E-state index in [9.17, 15) is 38.4 Å². The monoisotopic (exact) mass is 784 g/mol. The zero-order valence-corrected chi connectivity index (χ0v) is 31.4. The first kappa shape index (κ1) is 44.1. The van der Waals surface area contributed by atoms with Crippen molar-refractivity contribution in [3.05, 3.63) is 29.8 Å². The zero-order chi connectivity index (χ0) is 41.0. The highest BCUT2D eigenvalue weighted by Crippen LogP contribution is 2.36. The highest BCUT2D eigenvalue weighted by Gasteiger charge is 2.58. The molecule has 0 amide bonds. The molecule has 2 saturated heterocycles. The lowest BCUT2D eigenvalue weighted by Gasteiger charge is -2.48. The molecule has 0 bridgehead atoms. The Bertz CT molecular complexity index is 1560. The Labute approximate surface area is 315 Å². The quantitative estimate of drug-likeness (QED) is 0.177. The number of carbonyl (C=O) groups is 8. The smallest absolute Gasteiger partial charge is 0.340 e. The van der Waals surface area contributed by atoms with Crippen molar-refractivity contribution in [1.82, 2.24) is 0 Å². The van der Waals surface area contributed by atoms with Gasteiger partial charge in [0.25, 0.3) is 0 Å². The number of carbonyl (C=O) groups excluding carboxylic acids is 8. The van der Waals surface area contributed by atoms with Gasteiger partial charge < -0.3 is 56.8 Å². The lowest BCUT2D eigenvalue weighted by molar-refractivity contribution is -0.356. The van der Waals surface area contributed by atoms with Crippen molar-refractivity contribution in [2.45, 2.75) is 117 Å². The van der Waals surface area contributed by atoms with Gasteiger partial charge in [0.05, 0.1) is 12.2 Å². The number of hydrogen-bond acceptors (Lipinski definition) is 20. The Morgan fingerprint density at radius 2 is 0.891 bits per heavy atom. The van der Waals surface area contributed by atoms with Crippen LogP contribution in [0.2, 0.25) is 0 Å². The molecule has 2 heterocycles. The van der Waals surface area contributed by atoms with Crippen LogP contribution in [0.1, 0.15) is 65.7 Å². The summed E-state index contributed by atoms with van der Waals surface area (Å²) in [6.07, 6.45) is -16.9. The molecular weight excluding hydrogens is 740 g/mol. The molecule has 2 fully saturated rings. The molecular formula is C35H44O20. The van der Waals surface area contributed by atoms with Gasteiger partial charge in [0.1, 0.15) is 37.3 Å². The lowest BCUT2D eigenvalue weighted by Crippen LogP contribution is -2.67. The van der Waals surface area contributed by atoms with E-state index < -0.39 is 122 Å². The third-order valence-electron chi connectivity index (χ3n) is 7.51. The third kappa shape index (κ3) is 13.2. The van der Waals surface area contributed by atoms with Gasteiger partial charge in [-0.1, -0.05) is 0 Å². The van der Waals surface area contributed by atoms with E-state index in [1.807, 2.05) is 0 Å². The second-order valence-corrected chi connectivity index (χ2v) is 12.0. The van der Waals surface area contributed by atoms with E-state index in [2.05, 4.69) is 0 Å². The molecule has 0 saturated carbocycles. The van der Waals surface area contributed by atoms with E-state index >= 15 is 0 Å². The van der Waals surface area contributed by atoms with Crippen molar-refractivity contribution in [2.24, 2.45) is 0 Å². The van der Waals surface area contributed by atoms with Crippen LogP contribution in [0.25, 0.3) is 0 Å². The predicted molar refractivity (Wildman–Crippen MR) is 176 cm³/mol. The van der Waals surface area contributed by atoms with Crippen LogP contribution in [0, 0.1) is 0 Å². The van der Waals surface area contributed by atoms with Crippen LogP contribution in [0.5, 0.6) is 5.75 Å². The average molecular weight is 785 g/mol. The van der Waals surface area contributed by atoms with Gasteiger partial charge in [0, 0.05) is 48.5 Å². The SMILES string of the molecule is CCOc1ccc(C(=O)O[C@@H]2O[C@H](COC(C)=O)[C@@H](O[C@@H]3O[C@H](COC(C)=O)[C@H](OC(C)=O)[C@H](OC(C)=O)[C@H]3OC(C)=O)[C@H](OC(C)=O)[C@H]2OC(C)=O)cc1. The predicted octanol–water partition coefficient (Wildman–Crippen LogP) is 0.862. The van der Waals surface area contributed by atoms with Crippen LogP contribution >= 0.6 is 0 Å². The minimum Gasteiger partial charge on any atom is -0.494 e. The first-order chi connectivity index (χ1) is 25.9. The summed E-state index contributed by atoms with van der Waals surface area (Å²) >= 11 is 0. The van der Waals surface area contributed by atoms with Crippen LogP contribution in [0.15, 0.2) is 24.3 Å². The molecule has 0 N–H and O–H groups in total. The van der Waals surface area contributed by atoms with E-state index in [0.29, 0.717) is 12.4 Å². The van der Waals surface area contributed by atoms with Gasteiger partial charge >= 0.3 is 47.8 Å². The summed E-state index contributed by atoms with van der Waals surface area (Å²) in [4.78, 5) is 99.2. The first-order valence-electron chi connectivity index (χ1n) is 16.9. The second-order valence-electron chi connectivity index (χ2n) is 12.0. The number of esters is 8. The molecule has 0 aromatic heterocycles. The van der Waals surface area contributed by atoms with Crippen molar-refractivity contribution in [1.29, 1.82) is 0 Å². The van der Waals surface area contributed by atoms with E-state index in [1.54, 1.807) is 6.92 Å². The van der Waals surface area contributed by atoms with Crippen molar-refractivity contribution < 1.29 is 95.2 Å². The molecule has 2 aliphatic rings. The van der Waals surface area contributed by atoms with E-state index in [4.69, 9.17) is 56.8 Å². The fourth-order valence-electron chi connectivity index (χ4n) is 5.59. The Morgan fingerprint density at radius 3 is 1.35 bits per heavy atom. The second kappa shape index (κ2) is 20.4. The maximum atomic E-state index is 13.3. The van der Waals surface area contributed by atoms with Gasteiger partial charge in [-0.2, -0.15) is 0 Å². The topological polar surface area (TPSA) is 247 Å². The molecule has 20 heteroatoms. The van der Waals surface area contributed by atoms with Crippen molar-refractivity contribution >= 4 is 47.8 Å². The standard InChI is InChI=1S/C35H44O20/c1-9-44-24-12-10-23(11-13-24)33(43)55-35-32(51-22(8)42)30(49-20(6)40)28(26(53-35)15-46-17(3)37)54-34-31(50-21(7)41)29(48-19(5)39)27(47-18(4)38)25(52-34)14-45-16(2)36/h10-13,25-32,34-35H,9,14-15H2,1-8H3/t25-,26-,27+,28-,29+,30+,31-,32-,34+,35+/m1/s1. The normalized spacial score (nSPS) is 27.3. The fourth-order valence-corrected chi connectivity index (χ4v) is 5.59. The van der Waals surface area contributed by atoms with Crippen molar-refractivity contribution in [2.75, 3.05) is 19.8 Å². The van der Waals surface area contributed by atoms with Gasteiger partial charge in [-0.25, -0.2) is 4.79 Å². The molecule has 0 unspecified atom stereocenters. The van der Waals surface area contributed by atoms with E-state index in [-0.39, 0.29) is 5.56 Å². The highest BCUT2D eigenvalue weighted by molar-refractivity contribution is 5.89. The zero-order valence-electron chi connectivity index (χ0n) is 31.4. The van der Waals surface area contributed by atoms with E-state index in [1.165, 1.54) is 24.3 Å². The number of hydrogen-bond donors (Lipinski definition) is 0. The molecule has 55 heavy (non-hydrogen) atoms. The van der Waals surface area contributed by atoms with E-state index in [0.717, 1.165) is 48.5 Å². The first-order valence-corrected chi connectivity index (χ1v) is 16.9. The largest absolute Gasteiger partial charge is 0.494 e. The van der Waals surface area contributed by atoms with Crippen LogP contribution in [-0.4, -0.2) is 129 Å². The molecule has 1 aromatic carbocycles. The van der Waals surface area contributed by atoms with Crippen molar-refractivity contribution in [3.63, 3.8) is 0 Å². The van der Waals surface area contributed by atoms with Crippen LogP contribution in [0.3, 0.4) is 0 Å². The molecule has 304 valence electrons. The summed E-state index contributed by atoms with van der Waals surface area (Å²) in [5.74, 6) is -6.76. The van der Waals surface area contributed by atoms with Gasteiger partial charge in [0.2, 0.25) is 12.4 Å². The summed E-state index contributed by atoms with van der Waals surface area (Å²) in [6.45, 7) is 8.10. The fraction of sp³-hybridized carbons (Fsp3) is 0.600. The molecule has 0 radical (unpaired) electrons. The van der Waals surface area contributed by atoms with Gasteiger partial charge in [-0.05, 0) is 31.2 Å². The summed E-state index contributed by atoms with van der Waals surface area (Å²) in [5, 5.41) is 0. The van der Waals surface area contributed by atoms with Crippen LogP contribution in [-0.2, 0) is 85.7 Å². The summed E-state index contributed by atoms with van der Waals surface area (Å²) in [7, 11) is 0. The maximum Gasteiger partial charge on any atom is 0.340 e. The Kier molecular flexibility index (Phi) is 16.3. The third-order valence-corrected chi connectivity index (χ3v) is 7.51. The van der Waals surface area contributed by atoms with Gasteiger partial charge in [-0.15, -0.1) is 0 Å². The van der Waals surface area contributed by atoms with Crippen molar-refractivity contribution in [3.8, 4) is 5.75 Å². The molecule has 20 nitrogen and oxygen atoms in total. The number of rotatable bonds is 15. The highest BCUT2D eigenvalue weighted by atomic mass is 16.8. The Hall–Kier alpha value is -5.34. The molecule has 1 aromatic rings. The Morgan fingerprint density at radius 1 is 0.491 bits per heavy atom. The molecule has 2 aliphatic heterocycles. The maximum absolute atomic E-state index is 13.3. The molecule has 10 atom stereocenters. The number of benzene rings is 1. The average Bonchev–Trinajstić information content (AvgIpc) is 3.07. The molecule has 0 aliphatic carbocycles. The summed E-state index contributed by atoms with van der Waals surface area (Å²) < 4.78 is 67.0. The summed E-state index contributed by atoms with van der Waals surface area (Å²) in [6, 6.07) is 5.81. The van der Waals surface area contributed by atoms with Crippen LogP contribution < -0.4 is 4.74 Å². The summed E-state index contributed by atoms with van der Waals surface area (Å²) in [5.41, 5.74) is 0.0186. The number of ether oxygens (including phenoxy) is 12. The minimum atomic E-state index is -1.87. The van der Waals surface area contributed by atoms with Gasteiger partial charge in [0.15, 0.2) is 30.7 Å². The molecule has 3 rings (SSSR count). The van der Waals surface area contributed by atoms with Gasteiger partial charge in [-0.3, -0.25) is 33.6 Å². The molecule has 0 spiro atoms. The minimum absolute atomic E-state index is 0.0186.